The van der Waals surface area contributed by atoms with E-state index in [0.717, 1.165) is 12.2 Å². The maximum Gasteiger partial charge on any atom is 0.233 e. The molecule has 4 nitrogen and oxygen atoms in total. The molecule has 0 amide bonds. The SMILES string of the molecule is c1cc2c(cc1-c1ccc(OC3CN4CCC3CC4)nn1)CCCC2. The molecule has 4 heteroatoms. The van der Waals surface area contributed by atoms with Crippen LogP contribution in [-0.4, -0.2) is 40.8 Å². The molecule has 0 saturated carbocycles. The van der Waals surface area contributed by atoms with Gasteiger partial charge in [-0.15, -0.1) is 10.2 Å². The summed E-state index contributed by atoms with van der Waals surface area (Å²) in [5.41, 5.74) is 5.10. The first-order valence-corrected chi connectivity index (χ1v) is 9.70. The fraction of sp³-hybridized carbons (Fsp3) is 0.524. The molecular weight excluding hydrogens is 310 g/mol. The van der Waals surface area contributed by atoms with Crippen LogP contribution in [0.1, 0.15) is 36.8 Å². The molecule has 3 aliphatic heterocycles. The predicted octanol–water partition coefficient (Wildman–Crippen LogP) is 3.50. The molecule has 25 heavy (non-hydrogen) atoms. The summed E-state index contributed by atoms with van der Waals surface area (Å²) in [5.74, 6) is 1.35. The number of aryl methyl sites for hydroxylation is 2. The van der Waals surface area contributed by atoms with Crippen molar-refractivity contribution in [2.45, 2.75) is 44.6 Å². The molecule has 3 fully saturated rings. The zero-order valence-electron chi connectivity index (χ0n) is 14.7. The predicted molar refractivity (Wildman–Crippen MR) is 97.7 cm³/mol. The first kappa shape index (κ1) is 15.3. The summed E-state index contributed by atoms with van der Waals surface area (Å²) in [6.45, 7) is 3.50. The van der Waals surface area contributed by atoms with Crippen molar-refractivity contribution >= 4 is 0 Å². The number of piperidine rings is 3. The van der Waals surface area contributed by atoms with Gasteiger partial charge in [0.1, 0.15) is 6.10 Å². The third kappa shape index (κ3) is 3.04. The Bertz CT molecular complexity index is 750. The molecule has 1 unspecified atom stereocenters. The van der Waals surface area contributed by atoms with E-state index in [1.54, 1.807) is 0 Å². The van der Waals surface area contributed by atoms with E-state index in [9.17, 15) is 0 Å². The average molecular weight is 335 g/mol. The van der Waals surface area contributed by atoms with E-state index in [2.05, 4.69) is 33.3 Å². The summed E-state index contributed by atoms with van der Waals surface area (Å²) in [6, 6.07) is 10.8. The highest BCUT2D eigenvalue weighted by Gasteiger charge is 2.35. The lowest BCUT2D eigenvalue weighted by atomic mass is 9.86. The van der Waals surface area contributed by atoms with Crippen LogP contribution in [0.5, 0.6) is 5.88 Å². The second kappa shape index (κ2) is 6.41. The van der Waals surface area contributed by atoms with Crippen molar-refractivity contribution in [1.29, 1.82) is 0 Å². The van der Waals surface area contributed by atoms with E-state index < -0.39 is 0 Å². The number of hydrogen-bond donors (Lipinski definition) is 0. The Kier molecular flexibility index (Phi) is 3.93. The van der Waals surface area contributed by atoms with Gasteiger partial charge in [-0.2, -0.15) is 0 Å². The molecule has 0 spiro atoms. The Labute approximate surface area is 149 Å². The van der Waals surface area contributed by atoms with Crippen LogP contribution in [0.4, 0.5) is 0 Å². The second-order valence-electron chi connectivity index (χ2n) is 7.74. The molecule has 4 aliphatic rings. The van der Waals surface area contributed by atoms with Gasteiger partial charge < -0.3 is 4.74 Å². The summed E-state index contributed by atoms with van der Waals surface area (Å²) < 4.78 is 6.16. The smallest absolute Gasteiger partial charge is 0.233 e. The number of benzene rings is 1. The Morgan fingerprint density at radius 3 is 2.48 bits per heavy atom. The van der Waals surface area contributed by atoms with Gasteiger partial charge in [0.15, 0.2) is 0 Å². The fourth-order valence-corrected chi connectivity index (χ4v) is 4.63. The van der Waals surface area contributed by atoms with Crippen LogP contribution in [0.15, 0.2) is 30.3 Å². The van der Waals surface area contributed by atoms with E-state index in [1.807, 2.05) is 12.1 Å². The zero-order chi connectivity index (χ0) is 16.6. The van der Waals surface area contributed by atoms with E-state index in [0.29, 0.717) is 11.8 Å². The van der Waals surface area contributed by atoms with Gasteiger partial charge in [-0.3, -0.25) is 4.90 Å². The summed E-state index contributed by atoms with van der Waals surface area (Å²) in [6.07, 6.45) is 7.82. The minimum absolute atomic E-state index is 0.284. The summed E-state index contributed by atoms with van der Waals surface area (Å²) in [4.78, 5) is 2.50. The Balaban J connectivity index is 1.32. The third-order valence-electron chi connectivity index (χ3n) is 6.15. The van der Waals surface area contributed by atoms with Gasteiger partial charge in [0, 0.05) is 18.2 Å². The average Bonchev–Trinajstić information content (AvgIpc) is 2.69. The van der Waals surface area contributed by atoms with Gasteiger partial charge in [0.25, 0.3) is 0 Å². The van der Waals surface area contributed by atoms with Gasteiger partial charge in [0.2, 0.25) is 5.88 Å². The maximum atomic E-state index is 6.16. The molecule has 2 aromatic rings. The molecule has 1 aliphatic carbocycles. The Morgan fingerprint density at radius 1 is 0.920 bits per heavy atom. The normalized spacial score (nSPS) is 27.8. The van der Waals surface area contributed by atoms with Crippen molar-refractivity contribution in [3.63, 3.8) is 0 Å². The lowest BCUT2D eigenvalue weighted by molar-refractivity contribution is -0.0103. The van der Waals surface area contributed by atoms with E-state index in [-0.39, 0.29) is 6.10 Å². The fourth-order valence-electron chi connectivity index (χ4n) is 4.63. The molecule has 130 valence electrons. The maximum absolute atomic E-state index is 6.16. The minimum atomic E-state index is 0.284. The summed E-state index contributed by atoms with van der Waals surface area (Å²) >= 11 is 0. The molecule has 0 N–H and O–H groups in total. The molecule has 6 rings (SSSR count). The first-order chi connectivity index (χ1) is 12.3. The molecule has 1 aromatic carbocycles. The van der Waals surface area contributed by atoms with Crippen molar-refractivity contribution < 1.29 is 4.74 Å². The van der Waals surface area contributed by atoms with Crippen LogP contribution in [0.25, 0.3) is 11.3 Å². The molecule has 4 heterocycles. The van der Waals surface area contributed by atoms with Crippen molar-refractivity contribution in [3.8, 4) is 17.1 Å². The highest BCUT2D eigenvalue weighted by atomic mass is 16.5. The van der Waals surface area contributed by atoms with Crippen LogP contribution in [-0.2, 0) is 12.8 Å². The largest absolute Gasteiger partial charge is 0.472 e. The van der Waals surface area contributed by atoms with Crippen LogP contribution < -0.4 is 4.74 Å². The molecule has 0 radical (unpaired) electrons. The molecular formula is C21H25N3O. The lowest BCUT2D eigenvalue weighted by Gasteiger charge is -2.44. The Hall–Kier alpha value is -1.94. The topological polar surface area (TPSA) is 38.2 Å². The standard InChI is InChI=1S/C21H25N3O/c1-2-4-17-13-18(6-5-15(17)3-1)19-7-8-21(23-22-19)25-20-14-24-11-9-16(20)10-12-24/h5-8,13,16,20H,1-4,9-12,14H2. The Morgan fingerprint density at radius 2 is 1.76 bits per heavy atom. The number of aromatic nitrogens is 2. The van der Waals surface area contributed by atoms with Crippen LogP contribution in [0, 0.1) is 5.92 Å². The van der Waals surface area contributed by atoms with Gasteiger partial charge in [-0.25, -0.2) is 0 Å². The first-order valence-electron chi connectivity index (χ1n) is 9.70. The summed E-state index contributed by atoms with van der Waals surface area (Å²) in [5, 5.41) is 8.79. The summed E-state index contributed by atoms with van der Waals surface area (Å²) in [7, 11) is 0. The van der Waals surface area contributed by atoms with Gasteiger partial charge in [-0.1, -0.05) is 12.1 Å². The quantitative estimate of drug-likeness (QED) is 0.860. The van der Waals surface area contributed by atoms with E-state index in [1.165, 1.54) is 68.3 Å². The number of ether oxygens (including phenoxy) is 1. The zero-order valence-corrected chi connectivity index (χ0v) is 14.7. The van der Waals surface area contributed by atoms with Gasteiger partial charge in [0.05, 0.1) is 5.69 Å². The molecule has 3 saturated heterocycles. The second-order valence-corrected chi connectivity index (χ2v) is 7.74. The van der Waals surface area contributed by atoms with Crippen LogP contribution >= 0.6 is 0 Å². The van der Waals surface area contributed by atoms with Crippen LogP contribution in [0.2, 0.25) is 0 Å². The minimum Gasteiger partial charge on any atom is -0.472 e. The lowest BCUT2D eigenvalue weighted by Crippen LogP contribution is -2.52. The highest BCUT2D eigenvalue weighted by Crippen LogP contribution is 2.31. The van der Waals surface area contributed by atoms with Crippen molar-refractivity contribution in [2.75, 3.05) is 19.6 Å². The molecule has 1 aromatic heterocycles. The van der Waals surface area contributed by atoms with Crippen molar-refractivity contribution in [3.05, 3.63) is 41.5 Å². The number of fused-ring (bicyclic) bond motifs is 4. The van der Waals surface area contributed by atoms with E-state index >= 15 is 0 Å². The molecule has 1 atom stereocenters. The third-order valence-corrected chi connectivity index (χ3v) is 6.15. The van der Waals surface area contributed by atoms with Crippen molar-refractivity contribution in [1.82, 2.24) is 15.1 Å². The van der Waals surface area contributed by atoms with Gasteiger partial charge >= 0.3 is 0 Å². The monoisotopic (exact) mass is 335 g/mol. The van der Waals surface area contributed by atoms with Crippen LogP contribution in [0.3, 0.4) is 0 Å². The molecule has 2 bridgehead atoms. The number of nitrogens with zero attached hydrogens (tertiary/aromatic N) is 3. The van der Waals surface area contributed by atoms with Crippen molar-refractivity contribution in [2.24, 2.45) is 5.92 Å². The van der Waals surface area contributed by atoms with E-state index in [4.69, 9.17) is 4.74 Å². The van der Waals surface area contributed by atoms with Gasteiger partial charge in [-0.05, 0) is 80.8 Å². The number of rotatable bonds is 3. The highest BCUT2D eigenvalue weighted by molar-refractivity contribution is 5.61. The number of hydrogen-bond acceptors (Lipinski definition) is 4.